The van der Waals surface area contributed by atoms with Crippen molar-refractivity contribution >= 4 is 11.6 Å². The van der Waals surface area contributed by atoms with E-state index in [-0.39, 0.29) is 5.91 Å². The van der Waals surface area contributed by atoms with Crippen LogP contribution >= 0.6 is 0 Å². The molecule has 0 aromatic carbocycles. The van der Waals surface area contributed by atoms with Gasteiger partial charge in [-0.3, -0.25) is 4.79 Å². The van der Waals surface area contributed by atoms with E-state index in [4.69, 9.17) is 5.73 Å². The van der Waals surface area contributed by atoms with Crippen LogP contribution in [0.2, 0.25) is 0 Å². The summed E-state index contributed by atoms with van der Waals surface area (Å²) in [4.78, 5) is 14.2. The number of amides is 1. The Hall–Kier alpha value is -1.29. The zero-order valence-corrected chi connectivity index (χ0v) is 7.92. The number of aromatic amines is 1. The van der Waals surface area contributed by atoms with Gasteiger partial charge in [-0.2, -0.15) is 0 Å². The van der Waals surface area contributed by atoms with Crippen LogP contribution in [0, 0.1) is 0 Å². The molecule has 13 heavy (non-hydrogen) atoms. The van der Waals surface area contributed by atoms with E-state index in [0.29, 0.717) is 6.42 Å². The Morgan fingerprint density at radius 1 is 1.69 bits per heavy atom. The van der Waals surface area contributed by atoms with E-state index in [1.54, 1.807) is 18.5 Å². The number of hydrogen-bond acceptors (Lipinski definition) is 2. The van der Waals surface area contributed by atoms with Crippen LogP contribution in [0.25, 0.3) is 0 Å². The third kappa shape index (κ3) is 3.75. The van der Waals surface area contributed by atoms with Crippen molar-refractivity contribution in [2.24, 2.45) is 5.73 Å². The minimum absolute atomic E-state index is 0.0629. The second-order valence-electron chi connectivity index (χ2n) is 3.81. The van der Waals surface area contributed by atoms with Gasteiger partial charge in [0.05, 0.1) is 5.69 Å². The Bertz CT molecular complexity index is 272. The van der Waals surface area contributed by atoms with Gasteiger partial charge in [-0.1, -0.05) is 0 Å². The second kappa shape index (κ2) is 3.62. The first-order valence-corrected chi connectivity index (χ1v) is 4.19. The fraction of sp³-hybridized carbons (Fsp3) is 0.444. The van der Waals surface area contributed by atoms with Crippen molar-refractivity contribution in [2.75, 3.05) is 5.32 Å². The summed E-state index contributed by atoms with van der Waals surface area (Å²) in [6, 6.07) is 1.79. The van der Waals surface area contributed by atoms with E-state index in [1.165, 1.54) is 0 Å². The van der Waals surface area contributed by atoms with E-state index in [0.717, 1.165) is 5.69 Å². The molecule has 4 heteroatoms. The number of H-pyrrole nitrogens is 1. The molecule has 0 saturated heterocycles. The maximum Gasteiger partial charge on any atom is 0.226 e. The summed E-state index contributed by atoms with van der Waals surface area (Å²) in [6.45, 7) is 3.65. The summed E-state index contributed by atoms with van der Waals surface area (Å²) in [6.07, 6.45) is 3.79. The van der Waals surface area contributed by atoms with Crippen molar-refractivity contribution in [1.82, 2.24) is 4.98 Å². The Labute approximate surface area is 77.5 Å². The van der Waals surface area contributed by atoms with Gasteiger partial charge in [0.1, 0.15) is 0 Å². The van der Waals surface area contributed by atoms with Crippen LogP contribution in [0.5, 0.6) is 0 Å². The van der Waals surface area contributed by atoms with Crippen molar-refractivity contribution < 1.29 is 4.79 Å². The fourth-order valence-corrected chi connectivity index (χ4v) is 1.02. The molecule has 4 N–H and O–H groups in total. The molecule has 1 amide bonds. The fourth-order valence-electron chi connectivity index (χ4n) is 1.02. The summed E-state index contributed by atoms with van der Waals surface area (Å²) in [5.74, 6) is -0.0629. The lowest BCUT2D eigenvalue weighted by molar-refractivity contribution is -0.117. The van der Waals surface area contributed by atoms with Crippen molar-refractivity contribution in [1.29, 1.82) is 0 Å². The maximum absolute atomic E-state index is 11.3. The number of rotatable bonds is 3. The number of nitrogens with one attached hydrogen (secondary N) is 2. The molecule has 1 rings (SSSR count). The number of aromatic nitrogens is 1. The lowest BCUT2D eigenvalue weighted by Crippen LogP contribution is -2.36. The van der Waals surface area contributed by atoms with Crippen LogP contribution < -0.4 is 11.1 Å². The number of carbonyl (C=O) groups is 1. The van der Waals surface area contributed by atoms with Crippen LogP contribution in [0.4, 0.5) is 5.69 Å². The monoisotopic (exact) mass is 181 g/mol. The molecule has 0 fully saturated rings. The molecular formula is C9H15N3O. The lowest BCUT2D eigenvalue weighted by atomic mass is 10.0. The molecule has 0 radical (unpaired) electrons. The normalized spacial score (nSPS) is 11.3. The van der Waals surface area contributed by atoms with Crippen molar-refractivity contribution in [2.45, 2.75) is 25.8 Å². The Morgan fingerprint density at radius 3 is 2.85 bits per heavy atom. The predicted octanol–water partition coefficient (Wildman–Crippen LogP) is 1.08. The van der Waals surface area contributed by atoms with Crippen LogP contribution in [0.15, 0.2) is 18.5 Å². The van der Waals surface area contributed by atoms with Crippen LogP contribution in [0.3, 0.4) is 0 Å². The Morgan fingerprint density at radius 2 is 2.38 bits per heavy atom. The average Bonchev–Trinajstić information content (AvgIpc) is 2.34. The van der Waals surface area contributed by atoms with E-state index < -0.39 is 5.54 Å². The highest BCUT2D eigenvalue weighted by atomic mass is 16.1. The molecule has 1 aromatic heterocycles. The summed E-state index contributed by atoms with van der Waals surface area (Å²) in [5.41, 5.74) is 6.01. The molecule has 0 atom stereocenters. The first-order valence-electron chi connectivity index (χ1n) is 4.19. The van der Waals surface area contributed by atoms with E-state index in [1.807, 2.05) is 13.8 Å². The summed E-state index contributed by atoms with van der Waals surface area (Å²) in [5, 5.41) is 2.73. The largest absolute Gasteiger partial charge is 0.366 e. The molecule has 0 spiro atoms. The highest BCUT2D eigenvalue weighted by Crippen LogP contribution is 2.08. The van der Waals surface area contributed by atoms with Gasteiger partial charge in [0.2, 0.25) is 5.91 Å². The zero-order valence-electron chi connectivity index (χ0n) is 7.92. The topological polar surface area (TPSA) is 70.9 Å². The molecular weight excluding hydrogens is 166 g/mol. The summed E-state index contributed by atoms with van der Waals surface area (Å²) >= 11 is 0. The lowest BCUT2D eigenvalue weighted by Gasteiger charge is -2.16. The minimum atomic E-state index is -0.458. The molecule has 0 aliphatic rings. The first kappa shape index (κ1) is 9.80. The summed E-state index contributed by atoms with van der Waals surface area (Å²) in [7, 11) is 0. The third-order valence-corrected chi connectivity index (χ3v) is 1.50. The van der Waals surface area contributed by atoms with Gasteiger partial charge in [0.25, 0.3) is 0 Å². The molecule has 4 nitrogen and oxygen atoms in total. The van der Waals surface area contributed by atoms with Gasteiger partial charge >= 0.3 is 0 Å². The first-order chi connectivity index (χ1) is 5.97. The number of nitrogens with two attached hydrogens (primary N) is 1. The maximum atomic E-state index is 11.3. The smallest absolute Gasteiger partial charge is 0.226 e. The van der Waals surface area contributed by atoms with Gasteiger partial charge in [-0.25, -0.2) is 0 Å². The molecule has 1 heterocycles. The molecule has 72 valence electrons. The highest BCUT2D eigenvalue weighted by Gasteiger charge is 2.16. The molecule has 1 aromatic rings. The van der Waals surface area contributed by atoms with Crippen molar-refractivity contribution in [3.8, 4) is 0 Å². The van der Waals surface area contributed by atoms with Crippen LogP contribution in [-0.2, 0) is 4.79 Å². The van der Waals surface area contributed by atoms with Gasteiger partial charge in [0.15, 0.2) is 0 Å². The van der Waals surface area contributed by atoms with Crippen LogP contribution in [0.1, 0.15) is 20.3 Å². The molecule has 0 aliphatic carbocycles. The standard InChI is InChI=1S/C9H15N3O/c1-9(2,10)5-8(13)12-7-3-4-11-6-7/h3-4,6,11H,5,10H2,1-2H3,(H,12,13). The molecule has 0 aliphatic heterocycles. The van der Waals surface area contributed by atoms with Gasteiger partial charge in [-0.05, 0) is 19.9 Å². The van der Waals surface area contributed by atoms with Gasteiger partial charge in [-0.15, -0.1) is 0 Å². The SMILES string of the molecule is CC(C)(N)CC(=O)Nc1cc[nH]c1. The van der Waals surface area contributed by atoms with Crippen molar-refractivity contribution in [3.63, 3.8) is 0 Å². The number of carbonyl (C=O) groups excluding carboxylic acids is 1. The van der Waals surface area contributed by atoms with Crippen LogP contribution in [-0.4, -0.2) is 16.4 Å². The number of anilines is 1. The van der Waals surface area contributed by atoms with Gasteiger partial charge < -0.3 is 16.0 Å². The Balaban J connectivity index is 2.43. The second-order valence-corrected chi connectivity index (χ2v) is 3.81. The zero-order chi connectivity index (χ0) is 9.90. The Kier molecular flexibility index (Phi) is 2.72. The summed E-state index contributed by atoms with van der Waals surface area (Å²) < 4.78 is 0. The number of hydrogen-bond donors (Lipinski definition) is 3. The third-order valence-electron chi connectivity index (χ3n) is 1.50. The average molecular weight is 181 g/mol. The molecule has 0 bridgehead atoms. The molecule has 0 unspecified atom stereocenters. The van der Waals surface area contributed by atoms with E-state index >= 15 is 0 Å². The van der Waals surface area contributed by atoms with E-state index in [2.05, 4.69) is 10.3 Å². The minimum Gasteiger partial charge on any atom is -0.366 e. The highest BCUT2D eigenvalue weighted by molar-refractivity contribution is 5.91. The van der Waals surface area contributed by atoms with Gasteiger partial charge in [0, 0.05) is 24.4 Å². The molecule has 0 saturated carbocycles. The quantitative estimate of drug-likeness (QED) is 0.653. The predicted molar refractivity (Wildman–Crippen MR) is 52.3 cm³/mol. The van der Waals surface area contributed by atoms with E-state index in [9.17, 15) is 4.79 Å². The van der Waals surface area contributed by atoms with Crippen molar-refractivity contribution in [3.05, 3.63) is 18.5 Å².